The minimum Gasteiger partial charge on any atom is -0.508 e. The molecule has 1 saturated carbocycles. The topological polar surface area (TPSA) is 55.8 Å². The van der Waals surface area contributed by atoms with Gasteiger partial charge in [-0.1, -0.05) is 6.07 Å². The van der Waals surface area contributed by atoms with Crippen LogP contribution in [0.5, 0.6) is 5.75 Å². The van der Waals surface area contributed by atoms with Gasteiger partial charge in [-0.3, -0.25) is 4.79 Å². The lowest BCUT2D eigenvalue weighted by Crippen LogP contribution is -2.52. The molecule has 1 aliphatic heterocycles. The molecule has 1 saturated heterocycles. The predicted molar refractivity (Wildman–Crippen MR) is 85.3 cm³/mol. The van der Waals surface area contributed by atoms with Crippen molar-refractivity contribution in [3.8, 4) is 5.75 Å². The molecule has 1 aromatic rings. The summed E-state index contributed by atoms with van der Waals surface area (Å²) in [6.45, 7) is 4.48. The van der Waals surface area contributed by atoms with Crippen molar-refractivity contribution in [2.45, 2.75) is 57.2 Å². The molecule has 124 valence electrons. The molecule has 23 heavy (non-hydrogen) atoms. The van der Waals surface area contributed by atoms with Crippen molar-refractivity contribution in [3.63, 3.8) is 0 Å². The van der Waals surface area contributed by atoms with Gasteiger partial charge in [0.15, 0.2) is 0 Å². The Labute approximate surface area is 136 Å². The summed E-state index contributed by atoms with van der Waals surface area (Å²) in [6.07, 6.45) is 3.77. The Kier molecular flexibility index (Phi) is 3.41. The van der Waals surface area contributed by atoms with Gasteiger partial charge in [0.25, 0.3) is 0 Å². The normalized spacial score (nSPS) is 38.3. The highest BCUT2D eigenvalue weighted by molar-refractivity contribution is 5.66. The highest BCUT2D eigenvalue weighted by Crippen LogP contribution is 2.56. The Hall–Kier alpha value is -1.55. The molecule has 0 aromatic heterocycles. The molecule has 0 radical (unpaired) electrons. The molecule has 4 unspecified atom stereocenters. The molecule has 2 fully saturated rings. The van der Waals surface area contributed by atoms with Crippen LogP contribution in [0.15, 0.2) is 18.2 Å². The van der Waals surface area contributed by atoms with E-state index in [0.717, 1.165) is 32.3 Å². The summed E-state index contributed by atoms with van der Waals surface area (Å²) >= 11 is 0. The second-order valence-corrected chi connectivity index (χ2v) is 7.52. The number of carbonyl (C=O) groups excluding carboxylic acids is 1. The Morgan fingerprint density at radius 1 is 1.39 bits per heavy atom. The summed E-state index contributed by atoms with van der Waals surface area (Å²) in [5, 5.41) is 9.78. The first-order valence-electron chi connectivity index (χ1n) is 8.61. The first-order chi connectivity index (χ1) is 11.0. The summed E-state index contributed by atoms with van der Waals surface area (Å²) in [7, 11) is 0. The Morgan fingerprint density at radius 2 is 2.22 bits per heavy atom. The summed E-state index contributed by atoms with van der Waals surface area (Å²) < 4.78 is 11.8. The lowest BCUT2D eigenvalue weighted by Gasteiger charge is -2.51. The average Bonchev–Trinajstić information content (AvgIpc) is 2.87. The zero-order valence-corrected chi connectivity index (χ0v) is 13.7. The van der Waals surface area contributed by atoms with Crippen molar-refractivity contribution < 1.29 is 19.4 Å². The van der Waals surface area contributed by atoms with E-state index >= 15 is 0 Å². The molecule has 2 aliphatic carbocycles. The van der Waals surface area contributed by atoms with Gasteiger partial charge in [0, 0.05) is 25.9 Å². The molecule has 0 bridgehead atoms. The largest absolute Gasteiger partial charge is 0.508 e. The van der Waals surface area contributed by atoms with Crippen molar-refractivity contribution >= 4 is 5.97 Å². The number of hydrogen-bond acceptors (Lipinski definition) is 4. The number of hydrogen-bond donors (Lipinski definition) is 1. The van der Waals surface area contributed by atoms with Gasteiger partial charge in [-0.25, -0.2) is 0 Å². The van der Waals surface area contributed by atoms with E-state index in [2.05, 4.69) is 6.92 Å². The van der Waals surface area contributed by atoms with Crippen LogP contribution in [0.1, 0.15) is 50.2 Å². The fourth-order valence-electron chi connectivity index (χ4n) is 5.36. The fourth-order valence-corrected chi connectivity index (χ4v) is 5.36. The van der Waals surface area contributed by atoms with Crippen LogP contribution in [0, 0.1) is 11.8 Å². The second kappa shape index (κ2) is 5.23. The molecule has 1 aromatic carbocycles. The summed E-state index contributed by atoms with van der Waals surface area (Å²) in [5.74, 6) is 1.33. The zero-order valence-electron chi connectivity index (χ0n) is 13.7. The lowest BCUT2D eigenvalue weighted by atomic mass is 9.57. The molecule has 5 atom stereocenters. The maximum atomic E-state index is 11.6. The van der Waals surface area contributed by atoms with Crippen molar-refractivity contribution in [2.75, 3.05) is 6.61 Å². The van der Waals surface area contributed by atoms with Gasteiger partial charge < -0.3 is 14.6 Å². The summed E-state index contributed by atoms with van der Waals surface area (Å²) in [5.41, 5.74) is 2.28. The third-order valence-electron chi connectivity index (χ3n) is 6.18. The molecule has 1 N–H and O–H groups in total. The fraction of sp³-hybridized carbons (Fsp3) is 0.632. The van der Waals surface area contributed by atoms with Crippen LogP contribution < -0.4 is 0 Å². The van der Waals surface area contributed by atoms with E-state index in [1.54, 1.807) is 6.07 Å². The number of fused-ring (bicyclic) bond motifs is 5. The van der Waals surface area contributed by atoms with Crippen LogP contribution in [0.25, 0.3) is 0 Å². The van der Waals surface area contributed by atoms with E-state index in [4.69, 9.17) is 9.47 Å². The molecule has 4 nitrogen and oxygen atoms in total. The van der Waals surface area contributed by atoms with Crippen molar-refractivity contribution in [1.29, 1.82) is 0 Å². The molecular formula is C19H24O4. The van der Waals surface area contributed by atoms with Gasteiger partial charge in [-0.05, 0) is 61.3 Å². The average molecular weight is 316 g/mol. The number of rotatable bonds is 1. The number of ether oxygens (including phenoxy) is 2. The van der Waals surface area contributed by atoms with Gasteiger partial charge in [0.2, 0.25) is 0 Å². The standard InChI is InChI=1S/C19H24O4/c1-11(20)23-17-10-19(2)16(7-8-22-19)15-5-3-12-9-13(21)4-6-14(12)18(15)17/h4,6,9,15-18,21H,3,5,7-8,10H2,1-2H3/t15?,16?,17?,18?,19-/m0/s1. The summed E-state index contributed by atoms with van der Waals surface area (Å²) in [6, 6.07) is 5.65. The third-order valence-corrected chi connectivity index (χ3v) is 6.18. The molecule has 4 heteroatoms. The predicted octanol–water partition coefficient (Wildman–Crippen LogP) is 3.17. The molecule has 1 heterocycles. The van der Waals surface area contributed by atoms with Crippen molar-refractivity contribution in [3.05, 3.63) is 29.3 Å². The first kappa shape index (κ1) is 15.0. The Morgan fingerprint density at radius 3 is 3.00 bits per heavy atom. The number of phenols is 1. The van der Waals surface area contributed by atoms with Gasteiger partial charge in [0.1, 0.15) is 11.9 Å². The number of phenolic OH excluding ortho intramolecular Hbond substituents is 1. The van der Waals surface area contributed by atoms with Gasteiger partial charge >= 0.3 is 5.97 Å². The molecule has 4 rings (SSSR count). The smallest absolute Gasteiger partial charge is 0.302 e. The van der Waals surface area contributed by atoms with E-state index in [9.17, 15) is 9.90 Å². The van der Waals surface area contributed by atoms with Crippen LogP contribution in [-0.4, -0.2) is 29.4 Å². The van der Waals surface area contributed by atoms with Gasteiger partial charge in [-0.2, -0.15) is 0 Å². The van der Waals surface area contributed by atoms with E-state index < -0.39 is 0 Å². The lowest BCUT2D eigenvalue weighted by molar-refractivity contribution is -0.162. The molecule has 0 spiro atoms. The second-order valence-electron chi connectivity index (χ2n) is 7.52. The van der Waals surface area contributed by atoms with E-state index in [-0.39, 0.29) is 23.6 Å². The molecular weight excluding hydrogens is 292 g/mol. The third kappa shape index (κ3) is 2.35. The number of benzene rings is 1. The molecule has 0 amide bonds. The van der Waals surface area contributed by atoms with Crippen LogP contribution in [-0.2, 0) is 20.7 Å². The highest BCUT2D eigenvalue weighted by atomic mass is 16.5. The van der Waals surface area contributed by atoms with Crippen LogP contribution in [0.3, 0.4) is 0 Å². The number of aryl methyl sites for hydroxylation is 1. The van der Waals surface area contributed by atoms with E-state index in [0.29, 0.717) is 17.6 Å². The minimum absolute atomic E-state index is 0.138. The maximum absolute atomic E-state index is 11.6. The highest BCUT2D eigenvalue weighted by Gasteiger charge is 2.56. The number of esters is 1. The van der Waals surface area contributed by atoms with Crippen LogP contribution in [0.4, 0.5) is 0 Å². The maximum Gasteiger partial charge on any atom is 0.302 e. The Bertz CT molecular complexity index is 640. The first-order valence-corrected chi connectivity index (χ1v) is 8.61. The van der Waals surface area contributed by atoms with Crippen molar-refractivity contribution in [2.24, 2.45) is 11.8 Å². The summed E-state index contributed by atoms with van der Waals surface area (Å²) in [4.78, 5) is 11.6. The van der Waals surface area contributed by atoms with Crippen LogP contribution >= 0.6 is 0 Å². The zero-order chi connectivity index (χ0) is 16.2. The monoisotopic (exact) mass is 316 g/mol. The number of aromatic hydroxyl groups is 1. The number of carbonyl (C=O) groups is 1. The molecule has 3 aliphatic rings. The van der Waals surface area contributed by atoms with Crippen molar-refractivity contribution in [1.82, 2.24) is 0 Å². The van der Waals surface area contributed by atoms with Gasteiger partial charge in [-0.15, -0.1) is 0 Å². The van der Waals surface area contributed by atoms with Crippen LogP contribution in [0.2, 0.25) is 0 Å². The SMILES string of the molecule is CC(=O)OC1C[C@]2(C)OCCC2C2CCc3cc(O)ccc3C12. The van der Waals surface area contributed by atoms with E-state index in [1.807, 2.05) is 12.1 Å². The minimum atomic E-state index is -0.223. The van der Waals surface area contributed by atoms with Gasteiger partial charge in [0.05, 0.1) is 5.60 Å². The Balaban J connectivity index is 1.77. The van der Waals surface area contributed by atoms with E-state index in [1.165, 1.54) is 18.1 Å². The quantitative estimate of drug-likeness (QED) is 0.809.